The van der Waals surface area contributed by atoms with Crippen molar-refractivity contribution in [3.63, 3.8) is 0 Å². The Hall–Kier alpha value is -1.90. The zero-order chi connectivity index (χ0) is 20.5. The first-order valence-electron chi connectivity index (χ1n) is 8.39. The summed E-state index contributed by atoms with van der Waals surface area (Å²) in [6, 6.07) is -1.41. The first kappa shape index (κ1) is 24.1. The maximum atomic E-state index is 12.1. The van der Waals surface area contributed by atoms with Crippen molar-refractivity contribution in [3.05, 3.63) is 0 Å². The molecule has 0 aromatic heterocycles. The number of nitrogens with two attached hydrogens (primary N) is 1. The van der Waals surface area contributed by atoms with E-state index in [-0.39, 0.29) is 40.9 Å². The molecule has 9 heteroatoms. The van der Waals surface area contributed by atoms with Gasteiger partial charge >= 0.3 is 0 Å². The van der Waals surface area contributed by atoms with E-state index in [1.807, 2.05) is 20.8 Å². The lowest BCUT2D eigenvalue weighted by Crippen LogP contribution is -2.50. The molecule has 0 spiro atoms. The molecule has 26 heavy (non-hydrogen) atoms. The number of nitrogens with one attached hydrogen (secondary N) is 2. The van der Waals surface area contributed by atoms with Crippen LogP contribution in [0.1, 0.15) is 60.3 Å². The van der Waals surface area contributed by atoms with Crippen molar-refractivity contribution >= 4 is 40.4 Å². The summed E-state index contributed by atoms with van der Waals surface area (Å²) in [5.41, 5.74) is 5.08. The summed E-state index contributed by atoms with van der Waals surface area (Å²) < 4.78 is -0.238. The number of amides is 3. The highest BCUT2D eigenvalue weighted by Gasteiger charge is 2.23. The van der Waals surface area contributed by atoms with Gasteiger partial charge in [0.05, 0.1) is 12.8 Å². The molecule has 0 aliphatic rings. The molecule has 2 atom stereocenters. The van der Waals surface area contributed by atoms with Crippen molar-refractivity contribution in [3.8, 4) is 0 Å². The van der Waals surface area contributed by atoms with Crippen LogP contribution in [0, 0.1) is 0 Å². The monoisotopic (exact) mass is 387 g/mol. The van der Waals surface area contributed by atoms with Gasteiger partial charge in [-0.15, -0.1) is 0 Å². The summed E-state index contributed by atoms with van der Waals surface area (Å²) in [5, 5.41) is 4.82. The average Bonchev–Trinajstić information content (AvgIpc) is 2.41. The van der Waals surface area contributed by atoms with Crippen molar-refractivity contribution in [2.45, 2.75) is 77.1 Å². The number of Topliss-reactive ketones (excluding diaryl/α,β-unsaturated/α-hetero) is 1. The van der Waals surface area contributed by atoms with Crippen LogP contribution in [0.2, 0.25) is 0 Å². The van der Waals surface area contributed by atoms with Crippen molar-refractivity contribution < 1.29 is 24.0 Å². The van der Waals surface area contributed by atoms with Gasteiger partial charge in [-0.05, 0) is 13.3 Å². The normalized spacial score (nSPS) is 13.4. The fourth-order valence-electron chi connectivity index (χ4n) is 2.08. The van der Waals surface area contributed by atoms with Crippen LogP contribution < -0.4 is 16.4 Å². The molecule has 4 N–H and O–H groups in total. The number of carbonyl (C=O) groups is 5. The van der Waals surface area contributed by atoms with E-state index in [9.17, 15) is 24.0 Å². The van der Waals surface area contributed by atoms with Gasteiger partial charge in [-0.3, -0.25) is 24.0 Å². The SMILES string of the molecule is CC(=O)N[C@H](CC(N)=O)C(=O)N[C@@H](C)CCC(=O)CC(=O)SC(C)(C)C. The Morgan fingerprint density at radius 3 is 2.12 bits per heavy atom. The largest absolute Gasteiger partial charge is 0.370 e. The number of thioether (sulfide) groups is 1. The second kappa shape index (κ2) is 10.9. The van der Waals surface area contributed by atoms with Crippen LogP contribution in [0.15, 0.2) is 0 Å². The van der Waals surface area contributed by atoms with E-state index >= 15 is 0 Å². The van der Waals surface area contributed by atoms with Gasteiger partial charge in [-0.2, -0.15) is 0 Å². The maximum absolute atomic E-state index is 12.1. The number of carbonyl (C=O) groups excluding carboxylic acids is 5. The Kier molecular flexibility index (Phi) is 10.1. The third kappa shape index (κ3) is 12.5. The standard InChI is InChI=1S/C17H29N3O5S/c1-10(6-7-12(22)8-15(24)26-17(3,4)5)19-16(25)13(9-14(18)23)20-11(2)21/h10,13H,6-9H2,1-5H3,(H2,18,23)(H,19,25)(H,20,21)/t10-,13+/m0/s1. The summed E-state index contributed by atoms with van der Waals surface area (Å²) in [4.78, 5) is 57.9. The molecule has 0 fully saturated rings. The van der Waals surface area contributed by atoms with Gasteiger partial charge in [0.25, 0.3) is 0 Å². The Balaban J connectivity index is 4.41. The molecule has 0 heterocycles. The molecule has 0 unspecified atom stereocenters. The van der Waals surface area contributed by atoms with Crippen molar-refractivity contribution in [2.24, 2.45) is 5.73 Å². The first-order chi connectivity index (χ1) is 11.8. The van der Waals surface area contributed by atoms with Crippen LogP contribution >= 0.6 is 11.8 Å². The fraction of sp³-hybridized carbons (Fsp3) is 0.706. The predicted molar refractivity (Wildman–Crippen MR) is 100 cm³/mol. The number of hydrogen-bond acceptors (Lipinski definition) is 6. The molecule has 3 amide bonds. The highest BCUT2D eigenvalue weighted by atomic mass is 32.2. The Morgan fingerprint density at radius 2 is 1.65 bits per heavy atom. The van der Waals surface area contributed by atoms with Crippen molar-refractivity contribution in [1.29, 1.82) is 0 Å². The quantitative estimate of drug-likeness (QED) is 0.471. The van der Waals surface area contributed by atoms with E-state index in [2.05, 4.69) is 10.6 Å². The van der Waals surface area contributed by atoms with Crippen LogP contribution in [-0.2, 0) is 24.0 Å². The lowest BCUT2D eigenvalue weighted by Gasteiger charge is -2.20. The number of rotatable bonds is 10. The minimum Gasteiger partial charge on any atom is -0.370 e. The van der Waals surface area contributed by atoms with Crippen LogP contribution in [0.4, 0.5) is 0 Å². The summed E-state index contributed by atoms with van der Waals surface area (Å²) in [6.45, 7) is 8.63. The smallest absolute Gasteiger partial charge is 0.243 e. The molecule has 0 saturated carbocycles. The number of ketones is 1. The van der Waals surface area contributed by atoms with E-state index in [0.717, 1.165) is 11.8 Å². The highest BCUT2D eigenvalue weighted by Crippen LogP contribution is 2.25. The molecular formula is C17H29N3O5S. The van der Waals surface area contributed by atoms with Gasteiger partial charge in [-0.1, -0.05) is 32.5 Å². The average molecular weight is 388 g/mol. The summed E-state index contributed by atoms with van der Waals surface area (Å²) >= 11 is 1.13. The molecule has 0 saturated heterocycles. The van der Waals surface area contributed by atoms with Crippen LogP contribution in [0.3, 0.4) is 0 Å². The van der Waals surface area contributed by atoms with E-state index in [1.165, 1.54) is 6.92 Å². The maximum Gasteiger partial charge on any atom is 0.243 e. The minimum atomic E-state index is -1.05. The molecule has 0 aromatic rings. The zero-order valence-electron chi connectivity index (χ0n) is 16.0. The summed E-state index contributed by atoms with van der Waals surface area (Å²) in [5.74, 6) is -1.90. The summed E-state index contributed by atoms with van der Waals surface area (Å²) in [6.07, 6.45) is 0.0499. The van der Waals surface area contributed by atoms with Gasteiger partial charge in [0, 0.05) is 24.1 Å². The third-order valence-corrected chi connectivity index (χ3v) is 4.09. The van der Waals surface area contributed by atoms with Gasteiger partial charge in [0.15, 0.2) is 5.12 Å². The van der Waals surface area contributed by atoms with E-state index in [1.54, 1.807) is 6.92 Å². The second-order valence-corrected chi connectivity index (χ2v) is 9.06. The van der Waals surface area contributed by atoms with E-state index < -0.39 is 23.8 Å². The van der Waals surface area contributed by atoms with Crippen molar-refractivity contribution in [2.75, 3.05) is 0 Å². The molecule has 0 aromatic carbocycles. The van der Waals surface area contributed by atoms with Gasteiger partial charge in [0.1, 0.15) is 11.8 Å². The lowest BCUT2D eigenvalue weighted by molar-refractivity contribution is -0.131. The van der Waals surface area contributed by atoms with Crippen LogP contribution in [0.5, 0.6) is 0 Å². The van der Waals surface area contributed by atoms with Crippen LogP contribution in [0.25, 0.3) is 0 Å². The molecule has 0 rings (SSSR count). The minimum absolute atomic E-state index is 0.140. The third-order valence-electron chi connectivity index (χ3n) is 3.11. The topological polar surface area (TPSA) is 135 Å². The van der Waals surface area contributed by atoms with E-state index in [0.29, 0.717) is 6.42 Å². The Labute approximate surface area is 158 Å². The molecular weight excluding hydrogens is 358 g/mol. The molecule has 0 bridgehead atoms. The predicted octanol–water partition coefficient (Wildman–Crippen LogP) is 0.669. The molecule has 8 nitrogen and oxygen atoms in total. The number of hydrogen-bond donors (Lipinski definition) is 3. The Bertz CT molecular complexity index is 541. The fourth-order valence-corrected chi connectivity index (χ4v) is 2.99. The second-order valence-electron chi connectivity index (χ2n) is 7.17. The zero-order valence-corrected chi connectivity index (χ0v) is 16.8. The van der Waals surface area contributed by atoms with Gasteiger partial charge in [0.2, 0.25) is 17.7 Å². The molecule has 0 aliphatic heterocycles. The highest BCUT2D eigenvalue weighted by molar-refractivity contribution is 8.14. The van der Waals surface area contributed by atoms with E-state index in [4.69, 9.17) is 5.73 Å². The summed E-state index contributed by atoms with van der Waals surface area (Å²) in [7, 11) is 0. The number of primary amides is 1. The van der Waals surface area contributed by atoms with Crippen molar-refractivity contribution in [1.82, 2.24) is 10.6 Å². The molecule has 0 radical (unpaired) electrons. The lowest BCUT2D eigenvalue weighted by atomic mass is 10.1. The Morgan fingerprint density at radius 1 is 1.08 bits per heavy atom. The van der Waals surface area contributed by atoms with Gasteiger partial charge in [-0.25, -0.2) is 0 Å². The van der Waals surface area contributed by atoms with Gasteiger partial charge < -0.3 is 16.4 Å². The molecule has 148 valence electrons. The van der Waals surface area contributed by atoms with Crippen LogP contribution in [-0.4, -0.2) is 45.5 Å². The molecule has 0 aliphatic carbocycles. The first-order valence-corrected chi connectivity index (χ1v) is 9.21.